The highest BCUT2D eigenvalue weighted by Gasteiger charge is 2.03. The van der Waals surface area contributed by atoms with Gasteiger partial charge in [-0.3, -0.25) is 0 Å². The Kier molecular flexibility index (Phi) is 3.99. The first-order valence-corrected chi connectivity index (χ1v) is 5.48. The first kappa shape index (κ1) is 11.1. The molecule has 1 heteroatoms. The van der Waals surface area contributed by atoms with Crippen molar-refractivity contribution in [1.29, 1.82) is 0 Å². The highest BCUT2D eigenvalue weighted by Crippen LogP contribution is 2.19. The Morgan fingerprint density at radius 2 is 2.00 bits per heavy atom. The normalized spacial score (nSPS) is 12.6. The molecule has 0 bridgehead atoms. The molecule has 0 aromatic heterocycles. The van der Waals surface area contributed by atoms with Crippen LogP contribution < -0.4 is 5.32 Å². The van der Waals surface area contributed by atoms with Crippen molar-refractivity contribution in [3.63, 3.8) is 0 Å². The van der Waals surface area contributed by atoms with Crippen LogP contribution in [0.15, 0.2) is 18.2 Å². The number of hydrogen-bond acceptors (Lipinski definition) is 1. The summed E-state index contributed by atoms with van der Waals surface area (Å²) in [4.78, 5) is 0. The van der Waals surface area contributed by atoms with E-state index in [1.807, 2.05) is 0 Å². The minimum Gasteiger partial charge on any atom is -0.382 e. The zero-order valence-corrected chi connectivity index (χ0v) is 9.72. The molecule has 0 heterocycles. The first-order valence-electron chi connectivity index (χ1n) is 5.48. The molecule has 0 fully saturated rings. The zero-order valence-electron chi connectivity index (χ0n) is 9.72. The van der Waals surface area contributed by atoms with Gasteiger partial charge in [0, 0.05) is 11.7 Å². The molecule has 0 amide bonds. The summed E-state index contributed by atoms with van der Waals surface area (Å²) >= 11 is 0. The predicted octanol–water partition coefficient (Wildman–Crippen LogP) is 3.90. The third-order valence-electron chi connectivity index (χ3n) is 2.73. The Morgan fingerprint density at radius 3 is 2.64 bits per heavy atom. The van der Waals surface area contributed by atoms with Crippen molar-refractivity contribution in [2.75, 3.05) is 5.32 Å². The first-order chi connectivity index (χ1) is 6.65. The summed E-state index contributed by atoms with van der Waals surface area (Å²) in [7, 11) is 0. The minimum atomic E-state index is 0.570. The molecule has 78 valence electrons. The summed E-state index contributed by atoms with van der Waals surface area (Å²) in [5, 5.41) is 3.55. The fourth-order valence-electron chi connectivity index (χ4n) is 1.68. The second-order valence-corrected chi connectivity index (χ2v) is 4.08. The maximum Gasteiger partial charge on any atom is 0.0374 e. The Balaban J connectivity index is 2.71. The van der Waals surface area contributed by atoms with Crippen molar-refractivity contribution in [1.82, 2.24) is 0 Å². The lowest BCUT2D eigenvalue weighted by Crippen LogP contribution is -2.15. The van der Waals surface area contributed by atoms with Crippen LogP contribution in [-0.4, -0.2) is 6.04 Å². The fraction of sp³-hybridized carbons (Fsp3) is 0.538. The molecular formula is C13H21N. The quantitative estimate of drug-likeness (QED) is 0.761. The van der Waals surface area contributed by atoms with E-state index >= 15 is 0 Å². The predicted molar refractivity (Wildman–Crippen MR) is 63.9 cm³/mol. The van der Waals surface area contributed by atoms with Gasteiger partial charge < -0.3 is 5.32 Å². The van der Waals surface area contributed by atoms with E-state index in [4.69, 9.17) is 0 Å². The van der Waals surface area contributed by atoms with E-state index in [-0.39, 0.29) is 0 Å². The summed E-state index contributed by atoms with van der Waals surface area (Å²) in [6.07, 6.45) is 2.46. The molecule has 1 nitrogen and oxygen atoms in total. The highest BCUT2D eigenvalue weighted by molar-refractivity contribution is 5.54. The van der Waals surface area contributed by atoms with Gasteiger partial charge in [-0.25, -0.2) is 0 Å². The maximum atomic E-state index is 3.55. The average molecular weight is 191 g/mol. The number of hydrogen-bond donors (Lipinski definition) is 1. The third-order valence-corrected chi connectivity index (χ3v) is 2.73. The lowest BCUT2D eigenvalue weighted by atomic mass is 10.1. The number of benzene rings is 1. The van der Waals surface area contributed by atoms with Gasteiger partial charge in [0.15, 0.2) is 0 Å². The van der Waals surface area contributed by atoms with Gasteiger partial charge in [-0.1, -0.05) is 25.5 Å². The molecule has 1 N–H and O–H groups in total. The van der Waals surface area contributed by atoms with E-state index in [0.717, 1.165) is 0 Å². The Labute approximate surface area is 87.5 Å². The highest BCUT2D eigenvalue weighted by atomic mass is 14.9. The maximum absolute atomic E-state index is 3.55. The number of aryl methyl sites for hydroxylation is 1. The van der Waals surface area contributed by atoms with Crippen LogP contribution in [0.2, 0.25) is 0 Å². The zero-order chi connectivity index (χ0) is 10.6. The fourth-order valence-corrected chi connectivity index (χ4v) is 1.68. The molecule has 1 aromatic carbocycles. The molecule has 1 rings (SSSR count). The summed E-state index contributed by atoms with van der Waals surface area (Å²) in [5.41, 5.74) is 4.01. The summed E-state index contributed by atoms with van der Waals surface area (Å²) in [5.74, 6) is 0. The van der Waals surface area contributed by atoms with Gasteiger partial charge in [-0.2, -0.15) is 0 Å². The molecule has 0 saturated heterocycles. The van der Waals surface area contributed by atoms with Gasteiger partial charge in [0.2, 0.25) is 0 Å². The number of nitrogens with one attached hydrogen (secondary N) is 1. The summed E-state index contributed by atoms with van der Waals surface area (Å²) in [6.45, 7) is 8.80. The largest absolute Gasteiger partial charge is 0.382 e. The van der Waals surface area contributed by atoms with E-state index in [1.165, 1.54) is 29.7 Å². The van der Waals surface area contributed by atoms with Gasteiger partial charge in [0.05, 0.1) is 0 Å². The Bertz CT molecular complexity index is 291. The molecule has 0 aliphatic heterocycles. The molecule has 0 aliphatic rings. The van der Waals surface area contributed by atoms with Crippen LogP contribution in [0.3, 0.4) is 0 Å². The van der Waals surface area contributed by atoms with Gasteiger partial charge in [-0.05, 0) is 44.4 Å². The molecule has 0 aliphatic carbocycles. The van der Waals surface area contributed by atoms with Crippen LogP contribution in [-0.2, 0) is 0 Å². The molecule has 0 radical (unpaired) electrons. The van der Waals surface area contributed by atoms with Crippen molar-refractivity contribution < 1.29 is 0 Å². The lowest BCUT2D eigenvalue weighted by molar-refractivity contribution is 0.690. The third kappa shape index (κ3) is 2.76. The topological polar surface area (TPSA) is 12.0 Å². The molecular weight excluding hydrogens is 170 g/mol. The van der Waals surface area contributed by atoms with Crippen LogP contribution in [0.5, 0.6) is 0 Å². The number of rotatable bonds is 4. The van der Waals surface area contributed by atoms with Crippen LogP contribution in [0.1, 0.15) is 37.8 Å². The Morgan fingerprint density at radius 1 is 1.29 bits per heavy atom. The second-order valence-electron chi connectivity index (χ2n) is 4.08. The molecule has 0 saturated carbocycles. The van der Waals surface area contributed by atoms with Gasteiger partial charge in [0.25, 0.3) is 0 Å². The van der Waals surface area contributed by atoms with Gasteiger partial charge >= 0.3 is 0 Å². The monoisotopic (exact) mass is 191 g/mol. The van der Waals surface area contributed by atoms with Crippen molar-refractivity contribution in [2.45, 2.75) is 46.6 Å². The van der Waals surface area contributed by atoms with E-state index in [1.54, 1.807) is 0 Å². The molecule has 1 atom stereocenters. The molecule has 0 unspecified atom stereocenters. The summed E-state index contributed by atoms with van der Waals surface area (Å²) < 4.78 is 0. The van der Waals surface area contributed by atoms with Crippen LogP contribution in [0.25, 0.3) is 0 Å². The van der Waals surface area contributed by atoms with Crippen molar-refractivity contribution in [2.24, 2.45) is 0 Å². The van der Waals surface area contributed by atoms with E-state index in [0.29, 0.717) is 6.04 Å². The Hall–Kier alpha value is -0.980. The molecule has 0 spiro atoms. The van der Waals surface area contributed by atoms with Crippen LogP contribution >= 0.6 is 0 Å². The van der Waals surface area contributed by atoms with E-state index < -0.39 is 0 Å². The van der Waals surface area contributed by atoms with Gasteiger partial charge in [0.1, 0.15) is 0 Å². The minimum absolute atomic E-state index is 0.570. The average Bonchev–Trinajstić information content (AvgIpc) is 2.13. The lowest BCUT2D eigenvalue weighted by Gasteiger charge is -2.17. The smallest absolute Gasteiger partial charge is 0.0374 e. The second kappa shape index (κ2) is 5.04. The van der Waals surface area contributed by atoms with E-state index in [2.05, 4.69) is 51.2 Å². The SMILES string of the molecule is CCC[C@@H](C)Nc1cccc(C)c1C. The van der Waals surface area contributed by atoms with Crippen LogP contribution in [0, 0.1) is 13.8 Å². The number of anilines is 1. The molecule has 14 heavy (non-hydrogen) atoms. The van der Waals surface area contributed by atoms with Crippen LogP contribution in [0.4, 0.5) is 5.69 Å². The molecule has 1 aromatic rings. The standard InChI is InChI=1S/C13H21N/c1-5-7-11(3)14-13-9-6-8-10(2)12(13)4/h6,8-9,11,14H,5,7H2,1-4H3/t11-/m1/s1. The van der Waals surface area contributed by atoms with Crippen molar-refractivity contribution in [3.05, 3.63) is 29.3 Å². The van der Waals surface area contributed by atoms with Crippen molar-refractivity contribution in [3.8, 4) is 0 Å². The van der Waals surface area contributed by atoms with E-state index in [9.17, 15) is 0 Å². The van der Waals surface area contributed by atoms with Crippen molar-refractivity contribution >= 4 is 5.69 Å². The summed E-state index contributed by atoms with van der Waals surface area (Å²) in [6, 6.07) is 7.00. The van der Waals surface area contributed by atoms with Gasteiger partial charge in [-0.15, -0.1) is 0 Å².